The first-order chi connectivity index (χ1) is 33.2. The fourth-order valence-electron chi connectivity index (χ4n) is 12.0. The molecule has 1 heterocycles. The summed E-state index contributed by atoms with van der Waals surface area (Å²) in [5.41, 5.74) is 10.9. The van der Waals surface area contributed by atoms with Crippen molar-refractivity contribution in [3.63, 3.8) is 0 Å². The molecule has 0 fully saturated rings. The van der Waals surface area contributed by atoms with E-state index < -0.39 is 0 Å². The minimum Gasteiger partial charge on any atom is -0.309 e. The molecule has 1 aromatic heterocycles. The second-order valence-corrected chi connectivity index (χ2v) is 18.3. The average molecular weight is 846 g/mol. The van der Waals surface area contributed by atoms with Gasteiger partial charge in [-0.15, -0.1) is 0 Å². The molecule has 15 rings (SSSR count). The summed E-state index contributed by atoms with van der Waals surface area (Å²) in [6, 6.07) is 88.6. The highest BCUT2D eigenvalue weighted by Gasteiger charge is 2.21. The Bertz CT molecular complexity index is 4480. The van der Waals surface area contributed by atoms with E-state index in [1.165, 1.54) is 141 Å². The van der Waals surface area contributed by atoms with Crippen LogP contribution in [0.3, 0.4) is 0 Å². The van der Waals surface area contributed by atoms with Gasteiger partial charge in [0.15, 0.2) is 0 Å². The minimum absolute atomic E-state index is 1.15. The van der Waals surface area contributed by atoms with Crippen LogP contribution in [0.5, 0.6) is 0 Å². The molecule has 14 aromatic carbocycles. The first kappa shape index (κ1) is 36.5. The molecule has 0 unspecified atom stereocenters. The van der Waals surface area contributed by atoms with Gasteiger partial charge in [-0.05, 0) is 168 Å². The van der Waals surface area contributed by atoms with Gasteiger partial charge in [0.2, 0.25) is 0 Å². The van der Waals surface area contributed by atoms with Gasteiger partial charge in [-0.1, -0.05) is 188 Å². The third kappa shape index (κ3) is 5.20. The third-order valence-electron chi connectivity index (χ3n) is 14.8. The number of nitrogens with zero attached hydrogens (tertiary/aromatic N) is 1. The van der Waals surface area contributed by atoms with Crippen LogP contribution >= 0.6 is 0 Å². The van der Waals surface area contributed by atoms with Crippen molar-refractivity contribution in [3.8, 4) is 39.1 Å². The van der Waals surface area contributed by atoms with E-state index in [-0.39, 0.29) is 0 Å². The molecule has 1 nitrogen and oxygen atoms in total. The summed E-state index contributed by atoms with van der Waals surface area (Å²) in [5.74, 6) is 0. The van der Waals surface area contributed by atoms with Gasteiger partial charge in [0.1, 0.15) is 0 Å². The minimum atomic E-state index is 1.15. The van der Waals surface area contributed by atoms with Crippen LogP contribution < -0.4 is 0 Å². The predicted molar refractivity (Wildman–Crippen MR) is 288 cm³/mol. The van der Waals surface area contributed by atoms with Crippen LogP contribution in [0.15, 0.2) is 237 Å². The van der Waals surface area contributed by atoms with Crippen molar-refractivity contribution in [3.05, 3.63) is 237 Å². The number of benzene rings is 13. The zero-order valence-electron chi connectivity index (χ0n) is 36.5. The van der Waals surface area contributed by atoms with E-state index in [4.69, 9.17) is 0 Å². The Hall–Kier alpha value is -8.78. The lowest BCUT2D eigenvalue weighted by molar-refractivity contribution is 1.18. The lowest BCUT2D eigenvalue weighted by Gasteiger charge is -2.18. The van der Waals surface area contributed by atoms with E-state index in [9.17, 15) is 0 Å². The van der Waals surface area contributed by atoms with E-state index in [1.807, 2.05) is 0 Å². The number of aromatic nitrogens is 1. The highest BCUT2D eigenvalue weighted by atomic mass is 15.0. The molecular formula is C66H39N. The fraction of sp³-hybridized carbons (Fsp3) is 0. The van der Waals surface area contributed by atoms with Gasteiger partial charge in [-0.25, -0.2) is 0 Å². The summed E-state index contributed by atoms with van der Waals surface area (Å²) in [6.45, 7) is 0. The standard InChI is InChI=1S/C66H39N/c1-3-14-40(15-4-1)61-49-21-7-9-23-51(49)62(52-24-10-8-22-50(52)61)46-33-35-60-57(38-46)56-37-44(32-34-59(56)67(60)48-19-5-2-6-20-48)47-36-45-31-30-43-17-12-26-54-53-25-11-16-41-28-29-42-18-13-27-55(65(42)63(41)53)58(39-47)66(45)64(43)54/h1-39H. The van der Waals surface area contributed by atoms with Gasteiger partial charge in [0, 0.05) is 16.5 Å². The fourth-order valence-corrected chi connectivity index (χ4v) is 12.0. The number of para-hydroxylation sites is 1. The van der Waals surface area contributed by atoms with E-state index in [0.717, 1.165) is 5.69 Å². The van der Waals surface area contributed by atoms with Crippen molar-refractivity contribution >= 4 is 108 Å². The topological polar surface area (TPSA) is 4.93 Å². The molecule has 0 spiro atoms. The maximum Gasteiger partial charge on any atom is 0.0541 e. The molecule has 0 saturated carbocycles. The maximum atomic E-state index is 2.48. The normalized spacial score (nSPS) is 12.2. The Morgan fingerprint density at radius 1 is 0.209 bits per heavy atom. The average Bonchev–Trinajstić information content (AvgIpc) is 3.72. The number of rotatable bonds is 4. The number of fused-ring (bicyclic) bond motifs is 7. The van der Waals surface area contributed by atoms with Gasteiger partial charge in [-0.3, -0.25) is 0 Å². The number of hydrogen-bond donors (Lipinski definition) is 0. The lowest BCUT2D eigenvalue weighted by atomic mass is 9.85. The Morgan fingerprint density at radius 2 is 0.612 bits per heavy atom. The van der Waals surface area contributed by atoms with Crippen molar-refractivity contribution < 1.29 is 0 Å². The molecule has 0 saturated heterocycles. The molecule has 0 atom stereocenters. The molecule has 308 valence electrons. The highest BCUT2D eigenvalue weighted by molar-refractivity contribution is 6.37. The summed E-state index contributed by atoms with van der Waals surface area (Å²) in [7, 11) is 0. The van der Waals surface area contributed by atoms with Crippen LogP contribution in [-0.4, -0.2) is 4.57 Å². The second-order valence-electron chi connectivity index (χ2n) is 18.3. The molecule has 0 amide bonds. The van der Waals surface area contributed by atoms with Crippen LogP contribution in [0.1, 0.15) is 0 Å². The van der Waals surface area contributed by atoms with Gasteiger partial charge < -0.3 is 4.57 Å². The Kier molecular flexibility index (Phi) is 7.56. The Labute approximate surface area is 386 Å². The quantitative estimate of drug-likeness (QED) is 0.123. The third-order valence-corrected chi connectivity index (χ3v) is 14.8. The van der Waals surface area contributed by atoms with Crippen molar-refractivity contribution in [2.24, 2.45) is 0 Å². The van der Waals surface area contributed by atoms with Crippen LogP contribution in [0, 0.1) is 0 Å². The van der Waals surface area contributed by atoms with Crippen molar-refractivity contribution in [2.75, 3.05) is 0 Å². The van der Waals surface area contributed by atoms with Crippen molar-refractivity contribution in [1.82, 2.24) is 4.57 Å². The second kappa shape index (κ2) is 13.9. The van der Waals surface area contributed by atoms with Crippen LogP contribution in [0.25, 0.3) is 147 Å². The molecule has 0 radical (unpaired) electrons. The molecule has 0 aliphatic rings. The van der Waals surface area contributed by atoms with E-state index in [2.05, 4.69) is 241 Å². The van der Waals surface area contributed by atoms with Crippen LogP contribution in [0.2, 0.25) is 0 Å². The lowest BCUT2D eigenvalue weighted by Crippen LogP contribution is -1.93. The SMILES string of the molecule is c1ccc(-c2c3ccccc3c(-c3ccc4c(c3)c3cc(-c5cc6ccc7cccc8c9cccc%10ccc%11cccc(c(c5)c6c78)c%11c%109)ccc3n4-c3ccccc3)c3ccccc23)cc1. The number of hydrogen-bond acceptors (Lipinski definition) is 0. The summed E-state index contributed by atoms with van der Waals surface area (Å²) in [4.78, 5) is 0. The first-order valence-electron chi connectivity index (χ1n) is 23.3. The molecule has 0 bridgehead atoms. The van der Waals surface area contributed by atoms with E-state index >= 15 is 0 Å². The Morgan fingerprint density at radius 3 is 1.16 bits per heavy atom. The maximum absolute atomic E-state index is 2.48. The van der Waals surface area contributed by atoms with Crippen molar-refractivity contribution in [2.45, 2.75) is 0 Å². The molecule has 1 heteroatoms. The van der Waals surface area contributed by atoms with Crippen LogP contribution in [0.4, 0.5) is 0 Å². The predicted octanol–water partition coefficient (Wildman–Crippen LogP) is 18.4. The molecule has 67 heavy (non-hydrogen) atoms. The zero-order chi connectivity index (χ0) is 43.7. The summed E-state index contributed by atoms with van der Waals surface area (Å²) in [6.07, 6.45) is 0. The van der Waals surface area contributed by atoms with E-state index in [1.54, 1.807) is 0 Å². The van der Waals surface area contributed by atoms with Gasteiger partial charge in [0.25, 0.3) is 0 Å². The monoisotopic (exact) mass is 845 g/mol. The summed E-state index contributed by atoms with van der Waals surface area (Å²) < 4.78 is 2.44. The van der Waals surface area contributed by atoms with E-state index in [0.29, 0.717) is 0 Å². The van der Waals surface area contributed by atoms with Gasteiger partial charge >= 0.3 is 0 Å². The Balaban J connectivity index is 1.03. The van der Waals surface area contributed by atoms with Crippen LogP contribution in [-0.2, 0) is 0 Å². The molecule has 0 aliphatic heterocycles. The first-order valence-corrected chi connectivity index (χ1v) is 23.3. The molecule has 0 aliphatic carbocycles. The molecule has 0 N–H and O–H groups in total. The summed E-state index contributed by atoms with van der Waals surface area (Å²) in [5, 5.41) is 23.0. The molecule has 15 aromatic rings. The van der Waals surface area contributed by atoms with Crippen molar-refractivity contribution in [1.29, 1.82) is 0 Å². The summed E-state index contributed by atoms with van der Waals surface area (Å²) >= 11 is 0. The van der Waals surface area contributed by atoms with Gasteiger partial charge in [-0.2, -0.15) is 0 Å². The largest absolute Gasteiger partial charge is 0.309 e. The zero-order valence-corrected chi connectivity index (χ0v) is 36.5. The van der Waals surface area contributed by atoms with Gasteiger partial charge in [0.05, 0.1) is 11.0 Å². The smallest absolute Gasteiger partial charge is 0.0541 e. The molecular weight excluding hydrogens is 807 g/mol. The highest BCUT2D eigenvalue weighted by Crippen LogP contribution is 2.47.